The summed E-state index contributed by atoms with van der Waals surface area (Å²) in [6.07, 6.45) is 1.35. The van der Waals surface area contributed by atoms with Crippen LogP contribution < -0.4 is 9.47 Å². The van der Waals surface area contributed by atoms with E-state index in [1.165, 1.54) is 4.90 Å². The van der Waals surface area contributed by atoms with Crippen molar-refractivity contribution in [2.75, 3.05) is 27.4 Å². The number of halogens is 1. The lowest BCUT2D eigenvalue weighted by atomic mass is 9.91. The van der Waals surface area contributed by atoms with Crippen molar-refractivity contribution in [3.63, 3.8) is 0 Å². The third-order valence-corrected chi connectivity index (χ3v) is 4.82. The van der Waals surface area contributed by atoms with E-state index < -0.39 is 12.3 Å². The topological polar surface area (TPSA) is 68.2 Å². The number of amides is 1. The number of ether oxygens (including phenoxy) is 3. The molecule has 0 saturated carbocycles. The zero-order valence-electron chi connectivity index (χ0n) is 14.3. The molecule has 2 atom stereocenters. The Bertz CT molecular complexity index is 580. The first kappa shape index (κ1) is 19.0. The number of hydrogen-bond donors (Lipinski definition) is 1. The van der Waals surface area contributed by atoms with Gasteiger partial charge in [-0.2, -0.15) is 0 Å². The lowest BCUT2D eigenvalue weighted by Gasteiger charge is -2.27. The summed E-state index contributed by atoms with van der Waals surface area (Å²) in [6.45, 7) is 2.81. The predicted molar refractivity (Wildman–Crippen MR) is 93.2 cm³/mol. The van der Waals surface area contributed by atoms with Crippen LogP contribution in [0.4, 0.5) is 0 Å². The molecule has 1 aliphatic rings. The fourth-order valence-corrected chi connectivity index (χ4v) is 3.57. The summed E-state index contributed by atoms with van der Waals surface area (Å²) >= 11 is 3.54. The summed E-state index contributed by atoms with van der Waals surface area (Å²) in [7, 11) is 3.15. The molecule has 2 rings (SSSR count). The van der Waals surface area contributed by atoms with E-state index in [0.29, 0.717) is 31.1 Å². The second-order valence-electron chi connectivity index (χ2n) is 5.65. The summed E-state index contributed by atoms with van der Waals surface area (Å²) in [5.41, 5.74) is 0.774. The van der Waals surface area contributed by atoms with Crippen molar-refractivity contribution < 1.29 is 24.1 Å². The van der Waals surface area contributed by atoms with Gasteiger partial charge in [0.2, 0.25) is 12.3 Å². The van der Waals surface area contributed by atoms with Gasteiger partial charge in [-0.15, -0.1) is 0 Å². The number of unbranched alkanes of at least 4 members (excludes halogenated alkanes) is 1. The van der Waals surface area contributed by atoms with Crippen molar-refractivity contribution in [2.24, 2.45) is 0 Å². The van der Waals surface area contributed by atoms with E-state index in [-0.39, 0.29) is 5.91 Å². The number of aliphatic hydroxyl groups excluding tert-OH is 1. The first-order chi connectivity index (χ1) is 11.5. The van der Waals surface area contributed by atoms with Crippen LogP contribution >= 0.6 is 15.9 Å². The van der Waals surface area contributed by atoms with Gasteiger partial charge < -0.3 is 19.3 Å². The Balaban J connectivity index is 2.42. The van der Waals surface area contributed by atoms with Crippen LogP contribution in [-0.4, -0.2) is 49.7 Å². The Morgan fingerprint density at radius 2 is 2.21 bits per heavy atom. The monoisotopic (exact) mass is 401 g/mol. The van der Waals surface area contributed by atoms with Gasteiger partial charge >= 0.3 is 0 Å². The van der Waals surface area contributed by atoms with Gasteiger partial charge in [-0.25, -0.2) is 0 Å². The van der Waals surface area contributed by atoms with Crippen LogP contribution in [-0.2, 0) is 9.53 Å². The van der Waals surface area contributed by atoms with Crippen LogP contribution in [0.3, 0.4) is 0 Å². The molecular formula is C17H24BrNO5. The number of carbonyl (C=O) groups excluding carboxylic acids is 1. The Morgan fingerprint density at radius 3 is 2.75 bits per heavy atom. The standard InChI is InChI=1S/C17H24BrNO5/c1-4-5-6-12(16(20)19-7-8-24-17(19)21)15-13(18)9-11(22-2)10-14(15)23-3/h9-10,12,17,21H,4-8H2,1-3H3. The van der Waals surface area contributed by atoms with Crippen LogP contribution in [0.15, 0.2) is 16.6 Å². The fraction of sp³-hybridized carbons (Fsp3) is 0.588. The highest BCUT2D eigenvalue weighted by Gasteiger charge is 2.35. The van der Waals surface area contributed by atoms with Gasteiger partial charge in [-0.1, -0.05) is 35.7 Å². The van der Waals surface area contributed by atoms with E-state index in [1.807, 2.05) is 6.07 Å². The van der Waals surface area contributed by atoms with Crippen LogP contribution in [0.5, 0.6) is 11.5 Å². The smallest absolute Gasteiger partial charge is 0.240 e. The molecule has 1 aromatic carbocycles. The minimum absolute atomic E-state index is 0.155. The second-order valence-corrected chi connectivity index (χ2v) is 6.50. The summed E-state index contributed by atoms with van der Waals surface area (Å²) in [5, 5.41) is 9.88. The summed E-state index contributed by atoms with van der Waals surface area (Å²) in [5.74, 6) is 0.660. The molecule has 1 aromatic rings. The van der Waals surface area contributed by atoms with Crippen molar-refractivity contribution >= 4 is 21.8 Å². The van der Waals surface area contributed by atoms with E-state index >= 15 is 0 Å². The highest BCUT2D eigenvalue weighted by molar-refractivity contribution is 9.10. The van der Waals surface area contributed by atoms with Gasteiger partial charge in [0, 0.05) is 22.6 Å². The summed E-state index contributed by atoms with van der Waals surface area (Å²) < 4.78 is 16.6. The Hall–Kier alpha value is -1.31. The largest absolute Gasteiger partial charge is 0.497 e. The molecule has 0 spiro atoms. The number of rotatable bonds is 7. The second kappa shape index (κ2) is 8.69. The Kier molecular flexibility index (Phi) is 6.89. The van der Waals surface area contributed by atoms with Crippen molar-refractivity contribution in [1.29, 1.82) is 0 Å². The van der Waals surface area contributed by atoms with Gasteiger partial charge in [-0.05, 0) is 12.5 Å². The minimum atomic E-state index is -1.18. The van der Waals surface area contributed by atoms with Crippen LogP contribution in [0.2, 0.25) is 0 Å². The molecule has 0 aliphatic carbocycles. The number of benzene rings is 1. The molecule has 0 bridgehead atoms. The number of carbonyl (C=O) groups is 1. The molecule has 7 heteroatoms. The van der Waals surface area contributed by atoms with Crippen molar-refractivity contribution in [3.05, 3.63) is 22.2 Å². The van der Waals surface area contributed by atoms with Gasteiger partial charge in [0.25, 0.3) is 0 Å². The lowest BCUT2D eigenvalue weighted by molar-refractivity contribution is -0.164. The molecule has 1 amide bonds. The summed E-state index contributed by atoms with van der Waals surface area (Å²) in [6, 6.07) is 3.59. The zero-order valence-corrected chi connectivity index (χ0v) is 15.8. The molecule has 1 N–H and O–H groups in total. The number of methoxy groups -OCH3 is 2. The molecule has 0 aromatic heterocycles. The van der Waals surface area contributed by atoms with Crippen molar-refractivity contribution in [1.82, 2.24) is 4.90 Å². The molecule has 6 nitrogen and oxygen atoms in total. The molecular weight excluding hydrogens is 378 g/mol. The number of aliphatic hydroxyl groups is 1. The molecule has 1 saturated heterocycles. The molecule has 2 unspecified atom stereocenters. The van der Waals surface area contributed by atoms with E-state index in [1.54, 1.807) is 20.3 Å². The van der Waals surface area contributed by atoms with E-state index in [4.69, 9.17) is 14.2 Å². The maximum atomic E-state index is 13.0. The van der Waals surface area contributed by atoms with Gasteiger partial charge in [-0.3, -0.25) is 9.69 Å². The highest BCUT2D eigenvalue weighted by atomic mass is 79.9. The molecule has 0 radical (unpaired) electrons. The third kappa shape index (κ3) is 4.02. The van der Waals surface area contributed by atoms with E-state index in [0.717, 1.165) is 22.9 Å². The number of hydrogen-bond acceptors (Lipinski definition) is 5. The SMILES string of the molecule is CCCCC(C(=O)N1CCOC1O)c1c(Br)cc(OC)cc1OC. The van der Waals surface area contributed by atoms with Crippen LogP contribution in [0.25, 0.3) is 0 Å². The quantitative estimate of drug-likeness (QED) is 0.760. The molecule has 24 heavy (non-hydrogen) atoms. The Morgan fingerprint density at radius 1 is 1.46 bits per heavy atom. The van der Waals surface area contributed by atoms with E-state index in [2.05, 4.69) is 22.9 Å². The first-order valence-corrected chi connectivity index (χ1v) is 8.84. The molecule has 1 aliphatic heterocycles. The van der Waals surface area contributed by atoms with Gasteiger partial charge in [0.1, 0.15) is 11.5 Å². The highest BCUT2D eigenvalue weighted by Crippen LogP contribution is 2.40. The van der Waals surface area contributed by atoms with Crippen LogP contribution in [0, 0.1) is 0 Å². The third-order valence-electron chi connectivity index (χ3n) is 4.16. The summed E-state index contributed by atoms with van der Waals surface area (Å²) in [4.78, 5) is 14.4. The van der Waals surface area contributed by atoms with E-state index in [9.17, 15) is 9.90 Å². The van der Waals surface area contributed by atoms with Crippen LogP contribution in [0.1, 0.15) is 37.7 Å². The lowest BCUT2D eigenvalue weighted by Crippen LogP contribution is -2.39. The van der Waals surface area contributed by atoms with Gasteiger partial charge in [0.15, 0.2) is 0 Å². The Labute approximate surface area is 150 Å². The molecule has 1 fully saturated rings. The van der Waals surface area contributed by atoms with Crippen molar-refractivity contribution in [3.8, 4) is 11.5 Å². The minimum Gasteiger partial charge on any atom is -0.497 e. The molecule has 134 valence electrons. The zero-order chi connectivity index (χ0) is 17.7. The predicted octanol–water partition coefficient (Wildman–Crippen LogP) is 2.87. The maximum absolute atomic E-state index is 13.0. The average molecular weight is 402 g/mol. The maximum Gasteiger partial charge on any atom is 0.240 e. The normalized spacial score (nSPS) is 18.5. The fourth-order valence-electron chi connectivity index (χ4n) is 2.87. The van der Waals surface area contributed by atoms with Crippen molar-refractivity contribution in [2.45, 2.75) is 38.5 Å². The first-order valence-electron chi connectivity index (χ1n) is 8.05. The average Bonchev–Trinajstić information content (AvgIpc) is 3.01. The van der Waals surface area contributed by atoms with Gasteiger partial charge in [0.05, 0.1) is 26.7 Å². The molecule has 1 heterocycles. The number of nitrogens with zero attached hydrogens (tertiary/aromatic N) is 1.